The van der Waals surface area contributed by atoms with E-state index in [0.29, 0.717) is 24.8 Å². The van der Waals surface area contributed by atoms with Gasteiger partial charge in [-0.15, -0.1) is 0 Å². The molecule has 0 radical (unpaired) electrons. The second-order valence-electron chi connectivity index (χ2n) is 9.59. The Balaban J connectivity index is 1.59. The average Bonchev–Trinajstić information content (AvgIpc) is 3.26. The third kappa shape index (κ3) is 3.71. The van der Waals surface area contributed by atoms with Gasteiger partial charge in [0, 0.05) is 17.0 Å². The van der Waals surface area contributed by atoms with Crippen molar-refractivity contribution in [3.05, 3.63) is 69.7 Å². The van der Waals surface area contributed by atoms with Crippen LogP contribution in [0.25, 0.3) is 0 Å². The molecule has 1 saturated carbocycles. The molecule has 1 spiro atoms. The summed E-state index contributed by atoms with van der Waals surface area (Å²) in [5.41, 5.74) is 0.0840. The minimum Gasteiger partial charge on any atom is -0.348 e. The van der Waals surface area contributed by atoms with Crippen LogP contribution in [0.1, 0.15) is 67.6 Å². The van der Waals surface area contributed by atoms with E-state index in [1.165, 1.54) is 0 Å². The van der Waals surface area contributed by atoms with Crippen LogP contribution in [0, 0.1) is 23.0 Å². The van der Waals surface area contributed by atoms with Gasteiger partial charge in [0.05, 0.1) is 16.6 Å². The summed E-state index contributed by atoms with van der Waals surface area (Å²) in [6.45, 7) is 5.42. The van der Waals surface area contributed by atoms with Gasteiger partial charge in [0.25, 0.3) is 5.91 Å². The van der Waals surface area contributed by atoms with Crippen LogP contribution in [-0.2, 0) is 10.3 Å². The van der Waals surface area contributed by atoms with Crippen molar-refractivity contribution in [3.8, 4) is 0 Å². The van der Waals surface area contributed by atoms with Crippen LogP contribution in [0.4, 0.5) is 8.78 Å². The predicted octanol–water partition coefficient (Wildman–Crippen LogP) is 5.26. The Morgan fingerprint density at radius 1 is 1.23 bits per heavy atom. The summed E-state index contributed by atoms with van der Waals surface area (Å²) >= 11 is 5.89. The zero-order valence-electron chi connectivity index (χ0n) is 17.7. The minimum absolute atomic E-state index is 0.132. The number of halogens is 3. The van der Waals surface area contributed by atoms with Gasteiger partial charge in [-0.3, -0.25) is 9.59 Å². The fourth-order valence-electron chi connectivity index (χ4n) is 4.87. The lowest BCUT2D eigenvalue weighted by Gasteiger charge is -2.33. The number of amides is 2. The predicted molar refractivity (Wildman–Crippen MR) is 115 cm³/mol. The summed E-state index contributed by atoms with van der Waals surface area (Å²) in [7, 11) is 0. The highest BCUT2D eigenvalue weighted by molar-refractivity contribution is 6.30. The van der Waals surface area contributed by atoms with Gasteiger partial charge in [0.15, 0.2) is 0 Å². The van der Waals surface area contributed by atoms with Gasteiger partial charge in [-0.25, -0.2) is 8.78 Å². The highest BCUT2D eigenvalue weighted by Crippen LogP contribution is 2.47. The molecule has 1 fully saturated rings. The van der Waals surface area contributed by atoms with Crippen molar-refractivity contribution in [2.75, 3.05) is 0 Å². The maximum Gasteiger partial charge on any atom is 0.252 e. The minimum atomic E-state index is -0.902. The first kappa shape index (κ1) is 21.8. The Kier molecular flexibility index (Phi) is 5.32. The number of carbonyl (C=O) groups is 2. The Morgan fingerprint density at radius 2 is 1.94 bits per heavy atom. The summed E-state index contributed by atoms with van der Waals surface area (Å²) in [5, 5.41) is 5.75. The number of fused-ring (bicyclic) bond motifs is 2. The van der Waals surface area contributed by atoms with Gasteiger partial charge >= 0.3 is 0 Å². The van der Waals surface area contributed by atoms with Crippen LogP contribution in [-0.4, -0.2) is 11.8 Å². The maximum absolute atomic E-state index is 14.7. The zero-order chi connectivity index (χ0) is 22.6. The van der Waals surface area contributed by atoms with Crippen molar-refractivity contribution in [3.63, 3.8) is 0 Å². The lowest BCUT2D eigenvalue weighted by Crippen LogP contribution is -2.42. The fourth-order valence-corrected chi connectivity index (χ4v) is 5.03. The molecule has 2 aromatic rings. The van der Waals surface area contributed by atoms with Gasteiger partial charge in [0.2, 0.25) is 5.91 Å². The van der Waals surface area contributed by atoms with Crippen molar-refractivity contribution >= 4 is 23.4 Å². The molecular formula is C24H25ClF2N2O2. The molecule has 1 aliphatic heterocycles. The third-order valence-electron chi connectivity index (χ3n) is 6.45. The zero-order valence-corrected chi connectivity index (χ0v) is 18.4. The van der Waals surface area contributed by atoms with Crippen LogP contribution in [0.2, 0.25) is 5.02 Å². The SMILES string of the molecule is CC(C)(C)[C@H](NC(=O)[C@@H]1CC[C@]2(C1)NC(=O)c1ccccc12)c1c(F)ccc(Cl)c1F. The Labute approximate surface area is 185 Å². The van der Waals surface area contributed by atoms with Gasteiger partial charge < -0.3 is 10.6 Å². The number of rotatable bonds is 3. The van der Waals surface area contributed by atoms with E-state index in [1.54, 1.807) is 26.8 Å². The van der Waals surface area contributed by atoms with Crippen molar-refractivity contribution < 1.29 is 18.4 Å². The lowest BCUT2D eigenvalue weighted by atomic mass is 9.81. The van der Waals surface area contributed by atoms with Gasteiger partial charge in [-0.05, 0) is 48.4 Å². The van der Waals surface area contributed by atoms with Crippen molar-refractivity contribution in [1.82, 2.24) is 10.6 Å². The van der Waals surface area contributed by atoms with Crippen molar-refractivity contribution in [1.29, 1.82) is 0 Å². The number of nitrogens with one attached hydrogen (secondary N) is 2. The maximum atomic E-state index is 14.7. The molecule has 1 aliphatic carbocycles. The molecule has 2 aliphatic rings. The number of hydrogen-bond acceptors (Lipinski definition) is 2. The summed E-state index contributed by atoms with van der Waals surface area (Å²) < 4.78 is 29.3. The molecule has 0 bridgehead atoms. The highest BCUT2D eigenvalue weighted by atomic mass is 35.5. The van der Waals surface area contributed by atoms with Crippen molar-refractivity contribution in [2.45, 2.75) is 51.6 Å². The summed E-state index contributed by atoms with van der Waals surface area (Å²) in [4.78, 5) is 25.6. The molecular weight excluding hydrogens is 422 g/mol. The summed E-state index contributed by atoms with van der Waals surface area (Å²) in [5.74, 6) is -2.41. The van der Waals surface area contributed by atoms with E-state index in [-0.39, 0.29) is 28.3 Å². The molecule has 164 valence electrons. The van der Waals surface area contributed by atoms with Crippen LogP contribution in [0.5, 0.6) is 0 Å². The van der Waals surface area contributed by atoms with E-state index in [2.05, 4.69) is 10.6 Å². The topological polar surface area (TPSA) is 58.2 Å². The summed E-state index contributed by atoms with van der Waals surface area (Å²) in [6.07, 6.45) is 1.64. The summed E-state index contributed by atoms with van der Waals surface area (Å²) in [6, 6.07) is 8.78. The molecule has 2 N–H and O–H groups in total. The third-order valence-corrected chi connectivity index (χ3v) is 6.74. The van der Waals surface area contributed by atoms with Crippen LogP contribution in [0.15, 0.2) is 36.4 Å². The highest BCUT2D eigenvalue weighted by Gasteiger charge is 2.49. The van der Waals surface area contributed by atoms with Crippen LogP contribution >= 0.6 is 11.6 Å². The van der Waals surface area contributed by atoms with Crippen LogP contribution in [0.3, 0.4) is 0 Å². The van der Waals surface area contributed by atoms with E-state index < -0.39 is 28.6 Å². The number of carbonyl (C=O) groups excluding carboxylic acids is 2. The standard InChI is InChI=1S/C24H25ClF2N2O2/c1-23(2,3)20(18-17(26)9-8-16(25)19(18)27)28-21(30)13-10-11-24(12-13)15-7-5-4-6-14(15)22(31)29-24/h4-9,13,20H,10-12H2,1-3H3,(H,28,30)(H,29,31)/t13-,20-,24-/m1/s1. The molecule has 2 amide bonds. The second-order valence-corrected chi connectivity index (χ2v) is 9.99. The molecule has 0 unspecified atom stereocenters. The molecule has 0 aromatic heterocycles. The van der Waals surface area contributed by atoms with Crippen molar-refractivity contribution in [2.24, 2.45) is 11.3 Å². The van der Waals surface area contributed by atoms with E-state index >= 15 is 0 Å². The van der Waals surface area contributed by atoms with Gasteiger partial charge in [0.1, 0.15) is 11.6 Å². The Bertz CT molecular complexity index is 1070. The first-order valence-electron chi connectivity index (χ1n) is 10.4. The largest absolute Gasteiger partial charge is 0.348 e. The smallest absolute Gasteiger partial charge is 0.252 e. The number of benzene rings is 2. The monoisotopic (exact) mass is 446 g/mol. The molecule has 1 heterocycles. The Morgan fingerprint density at radius 3 is 2.65 bits per heavy atom. The molecule has 31 heavy (non-hydrogen) atoms. The van der Waals surface area contributed by atoms with E-state index in [1.807, 2.05) is 18.2 Å². The van der Waals surface area contributed by atoms with Gasteiger partial charge in [-0.1, -0.05) is 50.6 Å². The molecule has 0 saturated heterocycles. The van der Waals surface area contributed by atoms with E-state index in [4.69, 9.17) is 11.6 Å². The van der Waals surface area contributed by atoms with E-state index in [0.717, 1.165) is 17.7 Å². The first-order valence-corrected chi connectivity index (χ1v) is 10.8. The van der Waals surface area contributed by atoms with E-state index in [9.17, 15) is 18.4 Å². The molecule has 4 nitrogen and oxygen atoms in total. The quantitative estimate of drug-likeness (QED) is 0.632. The fraction of sp³-hybridized carbons (Fsp3) is 0.417. The molecule has 7 heteroatoms. The van der Waals surface area contributed by atoms with Gasteiger partial charge in [-0.2, -0.15) is 0 Å². The first-order chi connectivity index (χ1) is 14.5. The second kappa shape index (κ2) is 7.59. The molecule has 4 rings (SSSR count). The van der Waals surface area contributed by atoms with Crippen LogP contribution < -0.4 is 10.6 Å². The lowest BCUT2D eigenvalue weighted by molar-refractivity contribution is -0.126. The number of hydrogen-bond donors (Lipinski definition) is 2. The average molecular weight is 447 g/mol. The molecule has 2 aromatic carbocycles. The Hall–Kier alpha value is -2.47. The normalized spacial score (nSPS) is 23.5. The molecule has 3 atom stereocenters.